The number of allylic oxidation sites excluding steroid dienone is 1. The van der Waals surface area contributed by atoms with Crippen molar-refractivity contribution in [2.24, 2.45) is 0 Å². The van der Waals surface area contributed by atoms with Gasteiger partial charge in [-0.15, -0.1) is 0 Å². The molecule has 0 atom stereocenters. The lowest BCUT2D eigenvalue weighted by molar-refractivity contribution is -0.110. The molecule has 1 N–H and O–H groups in total. The highest BCUT2D eigenvalue weighted by atomic mass is 16.5. The van der Waals surface area contributed by atoms with Crippen LogP contribution in [0.5, 0.6) is 5.75 Å². The van der Waals surface area contributed by atoms with E-state index in [1.165, 1.54) is 5.56 Å². The minimum atomic E-state index is 0.00173. The van der Waals surface area contributed by atoms with Crippen molar-refractivity contribution in [1.29, 1.82) is 0 Å². The molecular weight excluding hydrogens is 262 g/mol. The van der Waals surface area contributed by atoms with Crippen molar-refractivity contribution in [2.75, 3.05) is 12.4 Å². The van der Waals surface area contributed by atoms with Gasteiger partial charge in [0.2, 0.25) is 0 Å². The summed E-state index contributed by atoms with van der Waals surface area (Å²) >= 11 is 0. The standard InChI is InChI=1S/C18H15NO2/c1-21-12-8-6-11-7-9-13(15(11)10-12)17-14-4-2-3-5-16(14)19-18(17)20/h2-6,8,10H,7,9H2,1H3,(H,19,20)/b17-13+. The van der Waals surface area contributed by atoms with Crippen LogP contribution >= 0.6 is 0 Å². The highest BCUT2D eigenvalue weighted by molar-refractivity contribution is 6.37. The van der Waals surface area contributed by atoms with Gasteiger partial charge in [-0.05, 0) is 47.7 Å². The van der Waals surface area contributed by atoms with Gasteiger partial charge in [-0.1, -0.05) is 24.3 Å². The van der Waals surface area contributed by atoms with E-state index in [9.17, 15) is 4.79 Å². The maximum atomic E-state index is 12.4. The smallest absolute Gasteiger partial charge is 0.256 e. The second-order valence-corrected chi connectivity index (χ2v) is 5.38. The minimum absolute atomic E-state index is 0.00173. The number of hydrogen-bond acceptors (Lipinski definition) is 2. The summed E-state index contributed by atoms with van der Waals surface area (Å²) in [5.41, 5.74) is 6.30. The normalized spacial score (nSPS) is 19.2. The van der Waals surface area contributed by atoms with Crippen LogP contribution in [0, 0.1) is 0 Å². The van der Waals surface area contributed by atoms with Crippen molar-refractivity contribution in [1.82, 2.24) is 0 Å². The van der Waals surface area contributed by atoms with Crippen LogP contribution in [0.15, 0.2) is 42.5 Å². The van der Waals surface area contributed by atoms with E-state index in [2.05, 4.69) is 11.4 Å². The average molecular weight is 277 g/mol. The Labute approximate surface area is 123 Å². The monoisotopic (exact) mass is 277 g/mol. The van der Waals surface area contributed by atoms with E-state index >= 15 is 0 Å². The molecule has 4 rings (SSSR count). The molecule has 0 unspecified atom stereocenters. The summed E-state index contributed by atoms with van der Waals surface area (Å²) in [6.07, 6.45) is 1.88. The molecule has 1 aliphatic carbocycles. The number of fused-ring (bicyclic) bond motifs is 2. The summed E-state index contributed by atoms with van der Waals surface area (Å²) in [6, 6.07) is 14.0. The van der Waals surface area contributed by atoms with Gasteiger partial charge in [-0.3, -0.25) is 4.79 Å². The molecule has 1 aliphatic heterocycles. The molecule has 1 amide bonds. The van der Waals surface area contributed by atoms with Crippen LogP contribution in [-0.4, -0.2) is 13.0 Å². The van der Waals surface area contributed by atoms with Gasteiger partial charge in [-0.25, -0.2) is 0 Å². The van der Waals surface area contributed by atoms with Crippen LogP contribution in [0.2, 0.25) is 0 Å². The number of rotatable bonds is 1. The first-order chi connectivity index (χ1) is 10.3. The number of aryl methyl sites for hydroxylation is 1. The molecule has 3 heteroatoms. The Morgan fingerprint density at radius 1 is 1.05 bits per heavy atom. The maximum Gasteiger partial charge on any atom is 0.256 e. The fourth-order valence-corrected chi connectivity index (χ4v) is 3.25. The third kappa shape index (κ3) is 1.77. The molecule has 1 heterocycles. The number of para-hydroxylation sites is 1. The van der Waals surface area contributed by atoms with Gasteiger partial charge in [-0.2, -0.15) is 0 Å². The van der Waals surface area contributed by atoms with Crippen molar-refractivity contribution in [3.8, 4) is 5.75 Å². The number of anilines is 1. The van der Waals surface area contributed by atoms with Gasteiger partial charge in [0, 0.05) is 11.3 Å². The number of ether oxygens (including phenoxy) is 1. The van der Waals surface area contributed by atoms with Crippen LogP contribution in [0.4, 0.5) is 5.69 Å². The zero-order valence-corrected chi connectivity index (χ0v) is 11.8. The lowest BCUT2D eigenvalue weighted by Crippen LogP contribution is -2.05. The molecule has 0 radical (unpaired) electrons. The van der Waals surface area contributed by atoms with Crippen LogP contribution in [0.3, 0.4) is 0 Å². The number of carbonyl (C=O) groups is 1. The first kappa shape index (κ1) is 12.2. The first-order valence-electron chi connectivity index (χ1n) is 7.09. The predicted molar refractivity (Wildman–Crippen MR) is 83.2 cm³/mol. The Balaban J connectivity index is 1.95. The Morgan fingerprint density at radius 3 is 2.76 bits per heavy atom. The molecule has 0 saturated heterocycles. The largest absolute Gasteiger partial charge is 0.497 e. The number of nitrogens with one attached hydrogen (secondary N) is 1. The lowest BCUT2D eigenvalue weighted by Gasteiger charge is -2.07. The fraction of sp³-hybridized carbons (Fsp3) is 0.167. The third-order valence-corrected chi connectivity index (χ3v) is 4.26. The van der Waals surface area contributed by atoms with Gasteiger partial charge in [0.1, 0.15) is 5.75 Å². The Bertz CT molecular complexity index is 790. The van der Waals surface area contributed by atoms with Crippen LogP contribution in [0.1, 0.15) is 23.1 Å². The summed E-state index contributed by atoms with van der Waals surface area (Å²) in [4.78, 5) is 12.4. The second-order valence-electron chi connectivity index (χ2n) is 5.38. The topological polar surface area (TPSA) is 38.3 Å². The fourth-order valence-electron chi connectivity index (χ4n) is 3.25. The predicted octanol–water partition coefficient (Wildman–Crippen LogP) is 3.50. The highest BCUT2D eigenvalue weighted by Gasteiger charge is 2.30. The van der Waals surface area contributed by atoms with Crippen LogP contribution in [0.25, 0.3) is 11.1 Å². The molecule has 2 aliphatic rings. The average Bonchev–Trinajstić information content (AvgIpc) is 3.06. The lowest BCUT2D eigenvalue weighted by atomic mass is 9.96. The molecule has 2 aromatic carbocycles. The zero-order chi connectivity index (χ0) is 14.4. The molecule has 0 fully saturated rings. The van der Waals surface area contributed by atoms with E-state index in [4.69, 9.17) is 4.74 Å². The van der Waals surface area contributed by atoms with E-state index in [1.54, 1.807) is 7.11 Å². The maximum absolute atomic E-state index is 12.4. The van der Waals surface area contributed by atoms with E-state index < -0.39 is 0 Å². The summed E-state index contributed by atoms with van der Waals surface area (Å²) in [6.45, 7) is 0. The Morgan fingerprint density at radius 2 is 1.90 bits per heavy atom. The van der Waals surface area contributed by atoms with Gasteiger partial charge >= 0.3 is 0 Å². The number of carbonyl (C=O) groups excluding carboxylic acids is 1. The summed E-state index contributed by atoms with van der Waals surface area (Å²) in [7, 11) is 1.67. The molecule has 104 valence electrons. The molecule has 0 aromatic heterocycles. The number of methoxy groups -OCH3 is 1. The zero-order valence-electron chi connectivity index (χ0n) is 11.8. The van der Waals surface area contributed by atoms with Gasteiger partial charge in [0.05, 0.1) is 12.7 Å². The number of hydrogen-bond donors (Lipinski definition) is 1. The molecule has 0 bridgehead atoms. The minimum Gasteiger partial charge on any atom is -0.497 e. The van der Waals surface area contributed by atoms with E-state index in [-0.39, 0.29) is 5.91 Å². The molecule has 2 aromatic rings. The third-order valence-electron chi connectivity index (χ3n) is 4.26. The van der Waals surface area contributed by atoms with E-state index in [1.807, 2.05) is 36.4 Å². The summed E-state index contributed by atoms with van der Waals surface area (Å²) in [5.74, 6) is 0.835. The summed E-state index contributed by atoms with van der Waals surface area (Å²) in [5, 5.41) is 2.96. The van der Waals surface area contributed by atoms with Gasteiger partial charge in [0.15, 0.2) is 0 Å². The van der Waals surface area contributed by atoms with Gasteiger partial charge in [0.25, 0.3) is 5.91 Å². The quantitative estimate of drug-likeness (QED) is 0.810. The van der Waals surface area contributed by atoms with Crippen LogP contribution in [-0.2, 0) is 11.2 Å². The van der Waals surface area contributed by atoms with Crippen molar-refractivity contribution in [3.05, 3.63) is 59.2 Å². The SMILES string of the molecule is COc1ccc2c(c1)/C(=C1/C(=O)Nc3ccccc31)CC2. The molecule has 0 saturated carbocycles. The Hall–Kier alpha value is -2.55. The molecule has 21 heavy (non-hydrogen) atoms. The number of amides is 1. The van der Waals surface area contributed by atoms with Crippen molar-refractivity contribution in [3.63, 3.8) is 0 Å². The van der Waals surface area contributed by atoms with Crippen molar-refractivity contribution < 1.29 is 9.53 Å². The van der Waals surface area contributed by atoms with Gasteiger partial charge < -0.3 is 10.1 Å². The Kier molecular flexibility index (Phi) is 2.61. The molecule has 0 spiro atoms. The van der Waals surface area contributed by atoms with Crippen molar-refractivity contribution >= 4 is 22.7 Å². The second kappa shape index (κ2) is 4.48. The summed E-state index contributed by atoms with van der Waals surface area (Å²) < 4.78 is 5.32. The molecule has 3 nitrogen and oxygen atoms in total. The molecular formula is C18H15NO2. The number of benzene rings is 2. The van der Waals surface area contributed by atoms with E-state index in [0.717, 1.165) is 46.6 Å². The van der Waals surface area contributed by atoms with Crippen LogP contribution < -0.4 is 10.1 Å². The van der Waals surface area contributed by atoms with E-state index in [0.29, 0.717) is 0 Å². The van der Waals surface area contributed by atoms with Crippen molar-refractivity contribution in [2.45, 2.75) is 12.8 Å². The first-order valence-corrected chi connectivity index (χ1v) is 7.09. The highest BCUT2D eigenvalue weighted by Crippen LogP contribution is 2.43.